The van der Waals surface area contributed by atoms with Gasteiger partial charge in [0.15, 0.2) is 0 Å². The van der Waals surface area contributed by atoms with Gasteiger partial charge in [-0.05, 0) is 85.9 Å². The molecule has 0 heterocycles. The van der Waals surface area contributed by atoms with Gasteiger partial charge in [0.25, 0.3) is 11.9 Å². The van der Waals surface area contributed by atoms with Crippen LogP contribution in [0.3, 0.4) is 0 Å². The van der Waals surface area contributed by atoms with Crippen molar-refractivity contribution in [3.63, 3.8) is 0 Å². The number of aliphatic carboxylic acids is 4. The Labute approximate surface area is 419 Å². The highest BCUT2D eigenvalue weighted by Crippen LogP contribution is 2.28. The van der Waals surface area contributed by atoms with Crippen molar-refractivity contribution in [2.24, 2.45) is 0 Å². The number of hydrogen-bond acceptors (Lipinski definition) is 5. The van der Waals surface area contributed by atoms with E-state index in [9.17, 15) is 9.59 Å². The zero-order valence-corrected chi connectivity index (χ0v) is 44.7. The van der Waals surface area contributed by atoms with Crippen LogP contribution >= 0.6 is 0 Å². The third-order valence-electron chi connectivity index (χ3n) is 9.21. The second-order valence-electron chi connectivity index (χ2n) is 19.9. The molecule has 0 unspecified atom stereocenters. The first-order chi connectivity index (χ1) is 32.3. The Morgan fingerprint density at radius 1 is 0.429 bits per heavy atom. The molecular formula is C61H82O9. The Balaban J connectivity index is 0. The third kappa shape index (κ3) is 34.3. The molecule has 0 aromatic heterocycles. The lowest BCUT2D eigenvalue weighted by atomic mass is 9.86. The van der Waals surface area contributed by atoms with Crippen LogP contribution in [0.2, 0.25) is 0 Å². The first kappa shape index (κ1) is 65.1. The molecule has 0 atom stereocenters. The molecule has 380 valence electrons. The molecule has 6 aromatic carbocycles. The molecule has 0 aliphatic heterocycles. The van der Waals surface area contributed by atoms with Crippen LogP contribution in [0.25, 0.3) is 10.8 Å². The molecule has 0 aliphatic rings. The average Bonchev–Trinajstić information content (AvgIpc) is 3.27. The third-order valence-corrected chi connectivity index (χ3v) is 9.21. The van der Waals surface area contributed by atoms with Crippen molar-refractivity contribution in [3.05, 3.63) is 192 Å². The number of allylic oxidation sites excluding steroid dienone is 1. The summed E-state index contributed by atoms with van der Waals surface area (Å²) >= 11 is 0. The van der Waals surface area contributed by atoms with Crippen molar-refractivity contribution in [3.8, 4) is 11.5 Å². The number of benzene rings is 6. The van der Waals surface area contributed by atoms with Gasteiger partial charge in [-0.1, -0.05) is 230 Å². The lowest BCUT2D eigenvalue weighted by Crippen LogP contribution is -2.10. The summed E-state index contributed by atoms with van der Waals surface area (Å²) in [6.45, 7) is 32.1. The number of fused-ring (bicyclic) bond motifs is 1. The molecule has 6 rings (SSSR count). The van der Waals surface area contributed by atoms with Crippen LogP contribution in [0.5, 0.6) is 11.5 Å². The minimum atomic E-state index is -0.891. The monoisotopic (exact) mass is 959 g/mol. The zero-order valence-electron chi connectivity index (χ0n) is 44.7. The number of rotatable bonds is 4. The van der Waals surface area contributed by atoms with E-state index in [0.717, 1.165) is 31.4 Å². The van der Waals surface area contributed by atoms with Crippen molar-refractivity contribution < 1.29 is 44.3 Å². The van der Waals surface area contributed by atoms with Gasteiger partial charge in [-0.3, -0.25) is 14.4 Å². The zero-order chi connectivity index (χ0) is 54.1. The highest BCUT2D eigenvalue weighted by molar-refractivity contribution is 5.83. The molecule has 9 heteroatoms. The second-order valence-corrected chi connectivity index (χ2v) is 19.9. The molecular weight excluding hydrogens is 877 g/mol. The number of para-hydroxylation sites is 1. The first-order valence-corrected chi connectivity index (χ1v) is 23.2. The maximum absolute atomic E-state index is 9.51. The van der Waals surface area contributed by atoms with E-state index >= 15 is 0 Å². The normalized spacial score (nSPS) is 10.5. The van der Waals surface area contributed by atoms with Crippen molar-refractivity contribution >= 4 is 34.6 Å². The lowest BCUT2D eigenvalue weighted by Gasteiger charge is -2.19. The van der Waals surface area contributed by atoms with Crippen molar-refractivity contribution in [2.75, 3.05) is 0 Å². The van der Waals surface area contributed by atoms with Gasteiger partial charge in [0, 0.05) is 26.3 Å². The van der Waals surface area contributed by atoms with Gasteiger partial charge in [0.05, 0.1) is 0 Å². The Morgan fingerprint density at radius 2 is 0.714 bits per heavy atom. The number of carbonyl (C=O) groups is 4. The summed E-state index contributed by atoms with van der Waals surface area (Å²) < 4.78 is 5.75. The molecule has 6 aromatic rings. The summed E-state index contributed by atoms with van der Waals surface area (Å²) in [6, 6.07) is 54.4. The molecule has 0 spiro atoms. The van der Waals surface area contributed by atoms with E-state index in [1.165, 1.54) is 39.1 Å². The summed E-state index contributed by atoms with van der Waals surface area (Å²) in [5.41, 5.74) is 6.52. The van der Waals surface area contributed by atoms with Gasteiger partial charge >= 0.3 is 11.9 Å². The van der Waals surface area contributed by atoms with Crippen LogP contribution < -0.4 is 4.74 Å². The van der Waals surface area contributed by atoms with Gasteiger partial charge in [-0.25, -0.2) is 4.79 Å². The molecule has 0 bridgehead atoms. The smallest absolute Gasteiger partial charge is 0.327 e. The standard InChI is InChI=1S/C16H18O.C14H16.2C10H14.C4H6O2.C3H6O2.2C2H4O2/c1-16(2,3)13-9-11-15(12-10-13)17-14-7-5-4-6-8-14;1-14(2,3)13-9-8-11-6-4-5-7-12(11)10-13;2*1-10(2,3)9-7-5-4-6-8-9;1-2-3-4(5)6;1-2-3(4)5;2*1-2(3)4/h4-12H,1-3H3;4-10H,1-3H3;2*4-8H,1-3H3;2-3H,1H3,(H,5,6);2H2,1H3,(H,4,5);2*1H3,(H,3,4)/b;;;;3-2+;;;. The van der Waals surface area contributed by atoms with E-state index in [1.54, 1.807) is 13.8 Å². The molecule has 4 N–H and O–H groups in total. The van der Waals surface area contributed by atoms with Crippen LogP contribution in [-0.2, 0) is 40.8 Å². The fourth-order valence-corrected chi connectivity index (χ4v) is 5.32. The number of ether oxygens (including phenoxy) is 1. The van der Waals surface area contributed by atoms with Gasteiger partial charge in [-0.2, -0.15) is 0 Å². The minimum absolute atomic E-state index is 0.186. The van der Waals surface area contributed by atoms with E-state index in [2.05, 4.69) is 198 Å². The van der Waals surface area contributed by atoms with E-state index < -0.39 is 23.9 Å². The molecule has 0 fully saturated rings. The SMILES string of the molecule is C/C=C/C(=O)O.CC(=O)O.CC(=O)O.CC(C)(C)c1ccc(Oc2ccccc2)cc1.CC(C)(C)c1ccc2ccccc2c1.CC(C)(C)c1ccccc1.CC(C)(C)c1ccccc1.CCC(=O)O. The molecule has 0 aliphatic carbocycles. The van der Waals surface area contributed by atoms with E-state index in [1.807, 2.05) is 42.5 Å². The molecule has 0 radical (unpaired) electrons. The average molecular weight is 959 g/mol. The Morgan fingerprint density at radius 3 is 1.00 bits per heavy atom. The molecule has 0 amide bonds. The molecule has 70 heavy (non-hydrogen) atoms. The summed E-state index contributed by atoms with van der Waals surface area (Å²) in [7, 11) is 0. The predicted molar refractivity (Wildman–Crippen MR) is 292 cm³/mol. The number of hydrogen-bond donors (Lipinski definition) is 4. The number of carboxylic acid groups (broad SMARTS) is 4. The summed E-state index contributed by atoms with van der Waals surface area (Å²) in [5.74, 6) is -1.55. The van der Waals surface area contributed by atoms with Crippen LogP contribution in [0.4, 0.5) is 0 Å². The Hall–Kier alpha value is -7.00. The Bertz CT molecular complexity index is 2310. The second kappa shape index (κ2) is 33.5. The van der Waals surface area contributed by atoms with Crippen molar-refractivity contribution in [1.29, 1.82) is 0 Å². The lowest BCUT2D eigenvalue weighted by molar-refractivity contribution is -0.137. The summed E-state index contributed by atoms with van der Waals surface area (Å²) in [6.07, 6.45) is 2.78. The first-order valence-electron chi connectivity index (χ1n) is 23.2. The van der Waals surface area contributed by atoms with Crippen LogP contribution in [0.15, 0.2) is 170 Å². The maximum Gasteiger partial charge on any atom is 0.327 e. The van der Waals surface area contributed by atoms with Crippen LogP contribution in [0, 0.1) is 0 Å². The molecule has 0 saturated carbocycles. The van der Waals surface area contributed by atoms with E-state index in [-0.39, 0.29) is 17.3 Å². The largest absolute Gasteiger partial charge is 0.481 e. The topological polar surface area (TPSA) is 158 Å². The summed E-state index contributed by atoms with van der Waals surface area (Å²) in [5, 5.41) is 33.0. The van der Waals surface area contributed by atoms with Gasteiger partial charge in [0.1, 0.15) is 11.5 Å². The van der Waals surface area contributed by atoms with Crippen molar-refractivity contribution in [1.82, 2.24) is 0 Å². The molecule has 9 nitrogen and oxygen atoms in total. The fraction of sp³-hybridized carbons (Fsp3) is 0.344. The highest BCUT2D eigenvalue weighted by Gasteiger charge is 2.15. The minimum Gasteiger partial charge on any atom is -0.481 e. The Kier molecular flexibility index (Phi) is 31.1. The molecule has 0 saturated heterocycles. The fourth-order valence-electron chi connectivity index (χ4n) is 5.32. The highest BCUT2D eigenvalue weighted by atomic mass is 16.5. The van der Waals surface area contributed by atoms with Crippen LogP contribution in [-0.4, -0.2) is 44.3 Å². The van der Waals surface area contributed by atoms with Gasteiger partial charge in [0.2, 0.25) is 0 Å². The summed E-state index contributed by atoms with van der Waals surface area (Å²) in [4.78, 5) is 36.9. The van der Waals surface area contributed by atoms with E-state index in [0.29, 0.717) is 10.8 Å². The van der Waals surface area contributed by atoms with E-state index in [4.69, 9.17) is 34.8 Å². The predicted octanol–water partition coefficient (Wildman–Crippen LogP) is 16.2. The maximum atomic E-state index is 9.51. The quantitative estimate of drug-likeness (QED) is 0.126. The van der Waals surface area contributed by atoms with Gasteiger partial charge in [-0.15, -0.1) is 0 Å². The van der Waals surface area contributed by atoms with Gasteiger partial charge < -0.3 is 25.2 Å². The van der Waals surface area contributed by atoms with Crippen LogP contribution in [0.1, 0.15) is 139 Å². The number of carboxylic acids is 4. The van der Waals surface area contributed by atoms with Crippen molar-refractivity contribution in [2.45, 2.75) is 139 Å².